The fourth-order valence-corrected chi connectivity index (χ4v) is 0. The SMILES string of the molecule is CSC(C)=O.[KH]. The minimum atomic E-state index is 0. The molecular formula is C3H7KOS. The molecular weight excluding hydrogens is 123 g/mol. The van der Waals surface area contributed by atoms with E-state index in [0.29, 0.717) is 0 Å². The first kappa shape index (κ1) is 10.6. The van der Waals surface area contributed by atoms with E-state index in [-0.39, 0.29) is 56.5 Å². The molecule has 0 saturated heterocycles. The van der Waals surface area contributed by atoms with Crippen molar-refractivity contribution in [2.75, 3.05) is 6.26 Å². The fraction of sp³-hybridized carbons (Fsp3) is 0.667. The molecule has 0 aliphatic heterocycles. The van der Waals surface area contributed by atoms with E-state index >= 15 is 0 Å². The van der Waals surface area contributed by atoms with Crippen LogP contribution in [0.5, 0.6) is 0 Å². The summed E-state index contributed by atoms with van der Waals surface area (Å²) in [5.74, 6) is 0. The normalized spacial score (nSPS) is 6.33. The molecule has 0 rings (SSSR count). The van der Waals surface area contributed by atoms with E-state index in [1.165, 1.54) is 11.8 Å². The van der Waals surface area contributed by atoms with Crippen LogP contribution in [0.1, 0.15) is 6.92 Å². The van der Waals surface area contributed by atoms with Crippen LogP contribution in [-0.2, 0) is 4.79 Å². The zero-order valence-electron chi connectivity index (χ0n) is 3.32. The summed E-state index contributed by atoms with van der Waals surface area (Å²) in [5.41, 5.74) is 0. The van der Waals surface area contributed by atoms with E-state index < -0.39 is 0 Å². The Labute approximate surface area is 84.7 Å². The van der Waals surface area contributed by atoms with Gasteiger partial charge in [0.2, 0.25) is 0 Å². The Balaban J connectivity index is 0. The van der Waals surface area contributed by atoms with Crippen molar-refractivity contribution in [3.63, 3.8) is 0 Å². The zero-order chi connectivity index (χ0) is 4.28. The van der Waals surface area contributed by atoms with Gasteiger partial charge in [-0.05, 0) is 6.26 Å². The van der Waals surface area contributed by atoms with Gasteiger partial charge in [-0.2, -0.15) is 0 Å². The molecule has 0 spiro atoms. The first-order valence-corrected chi connectivity index (χ1v) is 2.54. The van der Waals surface area contributed by atoms with Crippen LogP contribution < -0.4 is 0 Å². The van der Waals surface area contributed by atoms with Crippen LogP contribution in [0, 0.1) is 0 Å². The summed E-state index contributed by atoms with van der Waals surface area (Å²) in [6.07, 6.45) is 1.77. The molecule has 6 heavy (non-hydrogen) atoms. The maximum atomic E-state index is 9.78. The Bertz CT molecular complexity index is 46.1. The molecule has 0 saturated carbocycles. The van der Waals surface area contributed by atoms with Crippen molar-refractivity contribution in [2.45, 2.75) is 6.92 Å². The van der Waals surface area contributed by atoms with Gasteiger partial charge in [0.1, 0.15) is 0 Å². The number of carbonyl (C=O) groups excluding carboxylic acids is 1. The molecule has 0 aliphatic rings. The van der Waals surface area contributed by atoms with Gasteiger partial charge in [-0.3, -0.25) is 4.79 Å². The van der Waals surface area contributed by atoms with Gasteiger partial charge in [0, 0.05) is 6.92 Å². The average Bonchev–Trinajstić information content (AvgIpc) is 1.38. The second-order valence-electron chi connectivity index (χ2n) is 0.696. The molecule has 0 aromatic rings. The molecule has 0 heterocycles. The van der Waals surface area contributed by atoms with E-state index in [9.17, 15) is 4.79 Å². The number of carbonyl (C=O) groups is 1. The molecule has 0 fully saturated rings. The van der Waals surface area contributed by atoms with Crippen LogP contribution in [-0.4, -0.2) is 62.8 Å². The van der Waals surface area contributed by atoms with Gasteiger partial charge in [-0.1, -0.05) is 11.8 Å². The third-order valence-electron chi connectivity index (χ3n) is 0.287. The van der Waals surface area contributed by atoms with Crippen molar-refractivity contribution < 1.29 is 4.79 Å². The molecule has 0 aromatic heterocycles. The molecule has 0 amide bonds. The average molecular weight is 130 g/mol. The predicted molar refractivity (Wildman–Crippen MR) is 31.3 cm³/mol. The fourth-order valence-electron chi connectivity index (χ4n) is 0. The third kappa shape index (κ3) is 9.17. The Morgan fingerprint density at radius 1 is 1.67 bits per heavy atom. The molecule has 32 valence electrons. The molecule has 0 N–H and O–H groups in total. The van der Waals surface area contributed by atoms with E-state index in [1.54, 1.807) is 13.2 Å². The molecule has 3 heteroatoms. The van der Waals surface area contributed by atoms with E-state index in [0.717, 1.165) is 0 Å². The maximum absolute atomic E-state index is 9.78. The Kier molecular flexibility index (Phi) is 11.8. The Morgan fingerprint density at radius 2 is 1.83 bits per heavy atom. The van der Waals surface area contributed by atoms with E-state index in [1.807, 2.05) is 0 Å². The summed E-state index contributed by atoms with van der Waals surface area (Å²) >= 11 is 1.24. The standard InChI is InChI=1S/C3H6OS.K.H/c1-3(4)5-2;;/h1-2H3;;. The second-order valence-corrected chi connectivity index (χ2v) is 1.68. The van der Waals surface area contributed by atoms with E-state index in [2.05, 4.69) is 0 Å². The molecule has 0 radical (unpaired) electrons. The first-order valence-electron chi connectivity index (χ1n) is 1.32. The summed E-state index contributed by atoms with van der Waals surface area (Å²) in [4.78, 5) is 9.78. The Hall–Kier alpha value is 1.66. The Morgan fingerprint density at radius 3 is 1.83 bits per heavy atom. The number of thioether (sulfide) groups is 1. The van der Waals surface area contributed by atoms with Crippen LogP contribution in [0.2, 0.25) is 0 Å². The summed E-state index contributed by atoms with van der Waals surface area (Å²) in [6.45, 7) is 1.55. The summed E-state index contributed by atoms with van der Waals surface area (Å²) in [5, 5.41) is 0.171. The zero-order valence-corrected chi connectivity index (χ0v) is 4.13. The van der Waals surface area contributed by atoms with Gasteiger partial charge in [0.25, 0.3) is 0 Å². The number of rotatable bonds is 0. The van der Waals surface area contributed by atoms with Gasteiger partial charge < -0.3 is 0 Å². The molecule has 0 aromatic carbocycles. The van der Waals surface area contributed by atoms with E-state index in [4.69, 9.17) is 0 Å². The minimum absolute atomic E-state index is 0. The van der Waals surface area contributed by atoms with Gasteiger partial charge in [-0.15, -0.1) is 0 Å². The van der Waals surface area contributed by atoms with Gasteiger partial charge in [0.05, 0.1) is 0 Å². The molecule has 0 aliphatic carbocycles. The summed E-state index contributed by atoms with van der Waals surface area (Å²) in [6, 6.07) is 0. The van der Waals surface area contributed by atoms with Crippen molar-refractivity contribution in [1.29, 1.82) is 0 Å². The van der Waals surface area contributed by atoms with Gasteiger partial charge in [-0.25, -0.2) is 0 Å². The summed E-state index contributed by atoms with van der Waals surface area (Å²) in [7, 11) is 0. The van der Waals surface area contributed by atoms with Crippen molar-refractivity contribution >= 4 is 68.3 Å². The summed E-state index contributed by atoms with van der Waals surface area (Å²) < 4.78 is 0. The van der Waals surface area contributed by atoms with Crippen molar-refractivity contribution in [2.24, 2.45) is 0 Å². The quantitative estimate of drug-likeness (QED) is 0.437. The van der Waals surface area contributed by atoms with Crippen molar-refractivity contribution in [3.05, 3.63) is 0 Å². The van der Waals surface area contributed by atoms with Crippen LogP contribution >= 0.6 is 11.8 Å². The molecule has 0 bridgehead atoms. The monoisotopic (exact) mass is 130 g/mol. The topological polar surface area (TPSA) is 17.1 Å². The third-order valence-corrected chi connectivity index (χ3v) is 0.862. The van der Waals surface area contributed by atoms with Crippen LogP contribution in [0.3, 0.4) is 0 Å². The molecule has 0 unspecified atom stereocenters. The van der Waals surface area contributed by atoms with Crippen molar-refractivity contribution in [3.8, 4) is 0 Å². The molecule has 0 atom stereocenters. The number of hydrogen-bond acceptors (Lipinski definition) is 2. The van der Waals surface area contributed by atoms with Gasteiger partial charge >= 0.3 is 51.4 Å². The number of hydrogen-bond donors (Lipinski definition) is 0. The second kappa shape index (κ2) is 6.66. The van der Waals surface area contributed by atoms with Gasteiger partial charge in [0.15, 0.2) is 5.12 Å². The predicted octanol–water partition coefficient (Wildman–Crippen LogP) is 0.247. The van der Waals surface area contributed by atoms with Crippen LogP contribution in [0.15, 0.2) is 0 Å². The van der Waals surface area contributed by atoms with Crippen LogP contribution in [0.25, 0.3) is 0 Å². The van der Waals surface area contributed by atoms with Crippen molar-refractivity contribution in [1.82, 2.24) is 0 Å². The van der Waals surface area contributed by atoms with Crippen LogP contribution in [0.4, 0.5) is 0 Å². The first-order chi connectivity index (χ1) is 2.27. The molecule has 1 nitrogen and oxygen atoms in total.